The summed E-state index contributed by atoms with van der Waals surface area (Å²) in [5, 5.41) is 0. The smallest absolute Gasteiger partial charge is 0.294 e. The average molecular weight is 381 g/mol. The Balaban J connectivity index is 3.57. The van der Waals surface area contributed by atoms with Crippen LogP contribution in [0.3, 0.4) is 0 Å². The summed E-state index contributed by atoms with van der Waals surface area (Å²) in [6.45, 7) is 5.55. The van der Waals surface area contributed by atoms with Gasteiger partial charge in [0.25, 0.3) is 10.1 Å². The fourth-order valence-corrected chi connectivity index (χ4v) is 5.36. The summed E-state index contributed by atoms with van der Waals surface area (Å²) in [6.07, 6.45) is 2.21. The molecule has 0 aromatic rings. The third-order valence-corrected chi connectivity index (χ3v) is 6.76. The minimum Gasteiger partial charge on any atom is -0.294 e. The summed E-state index contributed by atoms with van der Waals surface area (Å²) in [6, 6.07) is 0. The van der Waals surface area contributed by atoms with E-state index in [2.05, 4.69) is 4.18 Å². The first-order chi connectivity index (χ1) is 9.41. The molecular formula is C10H24O7S3Si. The Hall–Kier alpha value is 0.347. The lowest BCUT2D eigenvalue weighted by atomic mass is 10.5. The molecular weight excluding hydrogens is 356 g/mol. The van der Waals surface area contributed by atoms with Crippen LogP contribution in [0.2, 0.25) is 19.6 Å². The van der Waals surface area contributed by atoms with Crippen LogP contribution in [-0.2, 0) is 32.8 Å². The van der Waals surface area contributed by atoms with Crippen molar-refractivity contribution < 1.29 is 29.1 Å². The molecule has 0 amide bonds. The van der Waals surface area contributed by atoms with Gasteiger partial charge >= 0.3 is 10.4 Å². The van der Waals surface area contributed by atoms with Gasteiger partial charge in [0.2, 0.25) is 8.32 Å². The van der Waals surface area contributed by atoms with Gasteiger partial charge in [0.1, 0.15) is 0 Å². The van der Waals surface area contributed by atoms with E-state index >= 15 is 0 Å². The van der Waals surface area contributed by atoms with Crippen LogP contribution in [0.1, 0.15) is 12.8 Å². The third-order valence-electron chi connectivity index (χ3n) is 1.74. The largest absolute Gasteiger partial charge is 0.390 e. The third kappa shape index (κ3) is 16.5. The lowest BCUT2D eigenvalue weighted by molar-refractivity contribution is 0.273. The normalized spacial score (nSPS) is 13.5. The lowest BCUT2D eigenvalue weighted by Crippen LogP contribution is -2.30. The van der Waals surface area contributed by atoms with Crippen LogP contribution in [0.25, 0.3) is 0 Å². The lowest BCUT2D eigenvalue weighted by Gasteiger charge is -2.15. The Morgan fingerprint density at radius 2 is 1.38 bits per heavy atom. The summed E-state index contributed by atoms with van der Waals surface area (Å²) >= 11 is 1.59. The van der Waals surface area contributed by atoms with Gasteiger partial charge in [0, 0.05) is 0 Å². The Kier molecular flexibility index (Phi) is 9.63. The second-order valence-electron chi connectivity index (χ2n) is 5.27. The SMILES string of the molecule is C[Si](C)(C)OS(=O)(=O)OCCCSCCCOS(C)(=O)=O. The molecule has 0 unspecified atom stereocenters. The molecule has 128 valence electrons. The van der Waals surface area contributed by atoms with Crippen LogP contribution in [0.5, 0.6) is 0 Å². The average Bonchev–Trinajstić information content (AvgIpc) is 2.21. The van der Waals surface area contributed by atoms with Gasteiger partial charge in [-0.3, -0.25) is 8.06 Å². The Morgan fingerprint density at radius 1 is 0.905 bits per heavy atom. The van der Waals surface area contributed by atoms with Gasteiger partial charge in [0.05, 0.1) is 19.5 Å². The van der Waals surface area contributed by atoms with E-state index in [0.29, 0.717) is 12.8 Å². The maximum absolute atomic E-state index is 11.4. The summed E-state index contributed by atoms with van der Waals surface area (Å²) in [7, 11) is -9.43. The molecule has 0 rings (SSSR count). The monoisotopic (exact) mass is 380 g/mol. The second-order valence-corrected chi connectivity index (χ2v) is 14.1. The Morgan fingerprint density at radius 3 is 1.81 bits per heavy atom. The van der Waals surface area contributed by atoms with Crippen molar-refractivity contribution in [1.82, 2.24) is 0 Å². The molecule has 0 atom stereocenters. The molecule has 11 heteroatoms. The molecule has 0 aliphatic carbocycles. The zero-order valence-electron chi connectivity index (χ0n) is 12.8. The molecule has 0 fully saturated rings. The highest BCUT2D eigenvalue weighted by molar-refractivity contribution is 7.99. The Labute approximate surface area is 133 Å². The van der Waals surface area contributed by atoms with Crippen molar-refractivity contribution in [3.8, 4) is 0 Å². The number of hydrogen-bond donors (Lipinski definition) is 0. The number of rotatable bonds is 12. The predicted octanol–water partition coefficient (Wildman–Crippen LogP) is 1.59. The molecule has 21 heavy (non-hydrogen) atoms. The van der Waals surface area contributed by atoms with Gasteiger partial charge < -0.3 is 0 Å². The van der Waals surface area contributed by atoms with E-state index in [4.69, 9.17) is 8.06 Å². The topological polar surface area (TPSA) is 96.0 Å². The molecule has 0 aliphatic heterocycles. The first kappa shape index (κ1) is 21.3. The van der Waals surface area contributed by atoms with Crippen molar-refractivity contribution >= 4 is 40.6 Å². The molecule has 0 heterocycles. The fraction of sp³-hybridized carbons (Fsp3) is 1.00. The quantitative estimate of drug-likeness (QED) is 0.286. The highest BCUT2D eigenvalue weighted by atomic mass is 32.3. The van der Waals surface area contributed by atoms with Crippen molar-refractivity contribution in [2.24, 2.45) is 0 Å². The van der Waals surface area contributed by atoms with Crippen LogP contribution >= 0.6 is 11.8 Å². The van der Waals surface area contributed by atoms with E-state index in [0.717, 1.165) is 17.8 Å². The first-order valence-corrected chi connectivity index (χ1v) is 14.1. The molecule has 0 spiro atoms. The highest BCUT2D eigenvalue weighted by Gasteiger charge is 2.24. The molecule has 0 saturated carbocycles. The molecule has 0 aliphatic rings. The van der Waals surface area contributed by atoms with Crippen LogP contribution in [0.15, 0.2) is 0 Å². The summed E-state index contributed by atoms with van der Waals surface area (Å²) in [5.74, 6) is 1.47. The summed E-state index contributed by atoms with van der Waals surface area (Å²) < 4.78 is 58.5. The van der Waals surface area contributed by atoms with Gasteiger partial charge in [-0.1, -0.05) is 0 Å². The number of thioether (sulfide) groups is 1. The maximum Gasteiger partial charge on any atom is 0.390 e. The zero-order chi connectivity index (χ0) is 16.6. The van der Waals surface area contributed by atoms with E-state index in [-0.39, 0.29) is 13.2 Å². The molecule has 0 aromatic carbocycles. The molecule has 0 saturated heterocycles. The van der Waals surface area contributed by atoms with E-state index < -0.39 is 28.8 Å². The fourth-order valence-electron chi connectivity index (χ4n) is 1.13. The minimum absolute atomic E-state index is 0.0830. The summed E-state index contributed by atoms with van der Waals surface area (Å²) in [4.78, 5) is 0. The van der Waals surface area contributed by atoms with E-state index in [9.17, 15) is 16.8 Å². The predicted molar refractivity (Wildman–Crippen MR) is 86.7 cm³/mol. The van der Waals surface area contributed by atoms with Crippen molar-refractivity contribution in [3.05, 3.63) is 0 Å². The van der Waals surface area contributed by atoms with Crippen molar-refractivity contribution in [3.63, 3.8) is 0 Å². The van der Waals surface area contributed by atoms with Crippen molar-refractivity contribution in [2.75, 3.05) is 31.0 Å². The van der Waals surface area contributed by atoms with Gasteiger partial charge in [-0.15, -0.1) is 0 Å². The Bertz CT molecular complexity index is 481. The first-order valence-electron chi connectivity index (χ1n) is 6.43. The van der Waals surface area contributed by atoms with E-state index in [1.54, 1.807) is 31.4 Å². The molecule has 7 nitrogen and oxygen atoms in total. The van der Waals surface area contributed by atoms with Crippen LogP contribution in [0, 0.1) is 0 Å². The molecule has 0 radical (unpaired) electrons. The zero-order valence-corrected chi connectivity index (χ0v) is 16.3. The van der Waals surface area contributed by atoms with Crippen molar-refractivity contribution in [1.29, 1.82) is 0 Å². The summed E-state index contributed by atoms with van der Waals surface area (Å²) in [5.41, 5.74) is 0. The van der Waals surface area contributed by atoms with E-state index in [1.165, 1.54) is 0 Å². The molecule has 0 N–H and O–H groups in total. The van der Waals surface area contributed by atoms with Crippen LogP contribution in [-0.4, -0.2) is 56.1 Å². The van der Waals surface area contributed by atoms with Crippen LogP contribution < -0.4 is 0 Å². The van der Waals surface area contributed by atoms with Gasteiger partial charge in [-0.2, -0.15) is 28.6 Å². The maximum atomic E-state index is 11.4. The minimum atomic E-state index is -3.89. The van der Waals surface area contributed by atoms with E-state index in [1.807, 2.05) is 0 Å². The van der Waals surface area contributed by atoms with Crippen molar-refractivity contribution in [2.45, 2.75) is 32.5 Å². The van der Waals surface area contributed by atoms with Crippen LogP contribution in [0.4, 0.5) is 0 Å². The van der Waals surface area contributed by atoms with Gasteiger partial charge in [-0.05, 0) is 44.0 Å². The van der Waals surface area contributed by atoms with Gasteiger partial charge in [-0.25, -0.2) is 4.18 Å². The standard InChI is InChI=1S/C10H24O7S3Si/c1-19(11,12)15-7-5-9-18-10-6-8-16-20(13,14)17-21(2,3)4/h5-10H2,1-4H3. The van der Waals surface area contributed by atoms with Gasteiger partial charge in [0.15, 0.2) is 0 Å². The molecule has 0 aromatic heterocycles. The second kappa shape index (κ2) is 9.48. The highest BCUT2D eigenvalue weighted by Crippen LogP contribution is 2.11. The molecule has 0 bridgehead atoms. The number of hydrogen-bond acceptors (Lipinski definition) is 8.